The van der Waals surface area contributed by atoms with E-state index in [4.69, 9.17) is 4.74 Å². The largest absolute Gasteiger partial charge is 0.492 e. The molecule has 2 N–H and O–H groups in total. The van der Waals surface area contributed by atoms with Crippen LogP contribution in [0.3, 0.4) is 0 Å². The summed E-state index contributed by atoms with van der Waals surface area (Å²) >= 11 is 0. The van der Waals surface area contributed by atoms with Gasteiger partial charge in [0.15, 0.2) is 0 Å². The molecule has 0 saturated carbocycles. The Kier molecular flexibility index (Phi) is 5.98. The fourth-order valence-corrected chi connectivity index (χ4v) is 2.54. The quantitative estimate of drug-likeness (QED) is 0.629. The number of hydrogen-bond donors (Lipinski definition) is 2. The first-order valence-electron chi connectivity index (χ1n) is 8.54. The highest BCUT2D eigenvalue weighted by atomic mass is 19.1. The van der Waals surface area contributed by atoms with Crippen LogP contribution in [0.15, 0.2) is 60.9 Å². The topological polar surface area (TPSA) is 59.1 Å². The first kappa shape index (κ1) is 17.7. The van der Waals surface area contributed by atoms with Crippen molar-refractivity contribution in [1.82, 2.24) is 9.97 Å². The van der Waals surface area contributed by atoms with Gasteiger partial charge in [0.1, 0.15) is 29.5 Å². The molecule has 0 bridgehead atoms. The number of ether oxygens (including phenoxy) is 1. The Hall–Kier alpha value is -3.15. The normalized spacial score (nSPS) is 10.4. The summed E-state index contributed by atoms with van der Waals surface area (Å²) in [5.74, 6) is 1.91. The molecule has 26 heavy (non-hydrogen) atoms. The maximum atomic E-state index is 13.6. The third kappa shape index (κ3) is 4.69. The lowest BCUT2D eigenvalue weighted by molar-refractivity contribution is 0.342. The fraction of sp³-hybridized carbons (Fsp3) is 0.200. The third-order valence-corrected chi connectivity index (χ3v) is 3.78. The summed E-state index contributed by atoms with van der Waals surface area (Å²) in [7, 11) is 0. The number of anilines is 3. The maximum absolute atomic E-state index is 13.6. The number of nitrogens with one attached hydrogen (secondary N) is 2. The second-order valence-corrected chi connectivity index (χ2v) is 5.61. The molecule has 134 valence electrons. The van der Waals surface area contributed by atoms with Gasteiger partial charge in [0.25, 0.3) is 0 Å². The van der Waals surface area contributed by atoms with E-state index in [1.807, 2.05) is 43.3 Å². The van der Waals surface area contributed by atoms with E-state index in [9.17, 15) is 4.39 Å². The average molecular weight is 352 g/mol. The Morgan fingerprint density at radius 3 is 2.62 bits per heavy atom. The highest BCUT2D eigenvalue weighted by molar-refractivity contribution is 5.65. The Morgan fingerprint density at radius 2 is 1.77 bits per heavy atom. The van der Waals surface area contributed by atoms with Crippen LogP contribution in [0.5, 0.6) is 5.75 Å². The smallest absolute Gasteiger partial charge is 0.142 e. The van der Waals surface area contributed by atoms with E-state index in [-0.39, 0.29) is 5.82 Å². The van der Waals surface area contributed by atoms with Crippen molar-refractivity contribution in [3.63, 3.8) is 0 Å². The van der Waals surface area contributed by atoms with Gasteiger partial charge in [0.05, 0.1) is 12.3 Å². The zero-order chi connectivity index (χ0) is 18.2. The Labute approximate surface area is 152 Å². The molecule has 0 fully saturated rings. The molecule has 5 nitrogen and oxygen atoms in total. The summed E-state index contributed by atoms with van der Waals surface area (Å²) in [6.45, 7) is 3.11. The molecule has 1 heterocycles. The summed E-state index contributed by atoms with van der Waals surface area (Å²) < 4.78 is 19.3. The minimum absolute atomic E-state index is 0.188. The summed E-state index contributed by atoms with van der Waals surface area (Å²) in [4.78, 5) is 8.44. The summed E-state index contributed by atoms with van der Waals surface area (Å²) in [6, 6.07) is 16.3. The fourth-order valence-electron chi connectivity index (χ4n) is 2.54. The lowest BCUT2D eigenvalue weighted by Crippen LogP contribution is -2.08. The van der Waals surface area contributed by atoms with Crippen molar-refractivity contribution < 1.29 is 9.13 Å². The van der Waals surface area contributed by atoms with Crippen molar-refractivity contribution in [2.24, 2.45) is 0 Å². The number of para-hydroxylation sites is 2. The molecule has 0 unspecified atom stereocenters. The van der Waals surface area contributed by atoms with Gasteiger partial charge in [-0.3, -0.25) is 0 Å². The van der Waals surface area contributed by atoms with E-state index in [0.717, 1.165) is 11.4 Å². The van der Waals surface area contributed by atoms with Crippen LogP contribution in [0, 0.1) is 5.82 Å². The number of rotatable bonds is 8. The third-order valence-electron chi connectivity index (χ3n) is 3.78. The van der Waals surface area contributed by atoms with Crippen molar-refractivity contribution >= 4 is 17.3 Å². The predicted molar refractivity (Wildman–Crippen MR) is 102 cm³/mol. The lowest BCUT2D eigenvalue weighted by Gasteiger charge is -2.12. The molecule has 0 aliphatic rings. The van der Waals surface area contributed by atoms with Crippen molar-refractivity contribution in [3.05, 3.63) is 72.3 Å². The standard InChI is InChI=1S/C20H21FN4O/c1-2-26-18-10-6-5-9-17(18)25-20-13-19(23-14-24-20)22-12-11-15-7-3-4-8-16(15)21/h3-10,13-14H,2,11-12H2,1H3,(H2,22,23,24,25). The highest BCUT2D eigenvalue weighted by Gasteiger charge is 2.05. The molecule has 0 aliphatic heterocycles. The van der Waals surface area contributed by atoms with Crippen LogP contribution in [0.25, 0.3) is 0 Å². The minimum Gasteiger partial charge on any atom is -0.492 e. The molecule has 3 aromatic rings. The molecule has 6 heteroatoms. The number of hydrogen-bond acceptors (Lipinski definition) is 5. The van der Waals surface area contributed by atoms with Gasteiger partial charge in [-0.25, -0.2) is 14.4 Å². The molecular formula is C20H21FN4O. The van der Waals surface area contributed by atoms with E-state index in [1.54, 1.807) is 12.1 Å². The van der Waals surface area contributed by atoms with Crippen LogP contribution < -0.4 is 15.4 Å². The van der Waals surface area contributed by atoms with Crippen LogP contribution in [0.1, 0.15) is 12.5 Å². The van der Waals surface area contributed by atoms with E-state index in [0.29, 0.717) is 36.8 Å². The Morgan fingerprint density at radius 1 is 1.00 bits per heavy atom. The van der Waals surface area contributed by atoms with E-state index in [1.165, 1.54) is 12.4 Å². The van der Waals surface area contributed by atoms with Crippen LogP contribution >= 0.6 is 0 Å². The monoisotopic (exact) mass is 352 g/mol. The zero-order valence-electron chi connectivity index (χ0n) is 14.6. The molecule has 0 saturated heterocycles. The Bertz CT molecular complexity index is 856. The molecule has 0 radical (unpaired) electrons. The summed E-state index contributed by atoms with van der Waals surface area (Å²) in [6.07, 6.45) is 2.06. The highest BCUT2D eigenvalue weighted by Crippen LogP contribution is 2.27. The number of benzene rings is 2. The van der Waals surface area contributed by atoms with E-state index in [2.05, 4.69) is 20.6 Å². The van der Waals surface area contributed by atoms with Gasteiger partial charge >= 0.3 is 0 Å². The van der Waals surface area contributed by atoms with Gasteiger partial charge in [0, 0.05) is 12.6 Å². The van der Waals surface area contributed by atoms with Gasteiger partial charge < -0.3 is 15.4 Å². The zero-order valence-corrected chi connectivity index (χ0v) is 14.6. The second-order valence-electron chi connectivity index (χ2n) is 5.61. The second kappa shape index (κ2) is 8.80. The molecule has 0 aliphatic carbocycles. The van der Waals surface area contributed by atoms with Crippen molar-refractivity contribution in [3.8, 4) is 5.75 Å². The minimum atomic E-state index is -0.188. The Balaban J connectivity index is 1.62. The molecular weight excluding hydrogens is 331 g/mol. The molecule has 2 aromatic carbocycles. The molecule has 1 aromatic heterocycles. The number of aromatic nitrogens is 2. The summed E-state index contributed by atoms with van der Waals surface area (Å²) in [5.41, 5.74) is 1.52. The van der Waals surface area contributed by atoms with Gasteiger partial charge in [-0.15, -0.1) is 0 Å². The van der Waals surface area contributed by atoms with Crippen LogP contribution in [0.4, 0.5) is 21.7 Å². The van der Waals surface area contributed by atoms with Crippen molar-refractivity contribution in [2.45, 2.75) is 13.3 Å². The molecule has 3 rings (SSSR count). The van der Waals surface area contributed by atoms with Crippen molar-refractivity contribution in [2.75, 3.05) is 23.8 Å². The molecule has 0 spiro atoms. The molecule has 0 atom stereocenters. The van der Waals surface area contributed by atoms with E-state index >= 15 is 0 Å². The number of nitrogens with zero attached hydrogens (tertiary/aromatic N) is 2. The molecule has 0 amide bonds. The van der Waals surface area contributed by atoms with Crippen LogP contribution in [-0.4, -0.2) is 23.1 Å². The van der Waals surface area contributed by atoms with Gasteiger partial charge in [-0.05, 0) is 37.1 Å². The first-order valence-corrected chi connectivity index (χ1v) is 8.54. The predicted octanol–water partition coefficient (Wildman–Crippen LogP) is 4.41. The SMILES string of the molecule is CCOc1ccccc1Nc1cc(NCCc2ccccc2F)ncn1. The first-order chi connectivity index (χ1) is 12.8. The number of halogens is 1. The maximum Gasteiger partial charge on any atom is 0.142 e. The average Bonchev–Trinajstić information content (AvgIpc) is 2.66. The summed E-state index contributed by atoms with van der Waals surface area (Å²) in [5, 5.41) is 6.44. The van der Waals surface area contributed by atoms with Crippen molar-refractivity contribution in [1.29, 1.82) is 0 Å². The lowest BCUT2D eigenvalue weighted by atomic mass is 10.1. The van der Waals surface area contributed by atoms with Gasteiger partial charge in [0.2, 0.25) is 0 Å². The van der Waals surface area contributed by atoms with Gasteiger partial charge in [-0.2, -0.15) is 0 Å². The van der Waals surface area contributed by atoms with Crippen LogP contribution in [-0.2, 0) is 6.42 Å². The van der Waals surface area contributed by atoms with E-state index < -0.39 is 0 Å². The van der Waals surface area contributed by atoms with Gasteiger partial charge in [-0.1, -0.05) is 30.3 Å². The van der Waals surface area contributed by atoms with Crippen LogP contribution in [0.2, 0.25) is 0 Å².